The second-order valence-corrected chi connectivity index (χ2v) is 7.73. The summed E-state index contributed by atoms with van der Waals surface area (Å²) in [5.41, 5.74) is 2.03. The third-order valence-electron chi connectivity index (χ3n) is 5.93. The van der Waals surface area contributed by atoms with E-state index in [9.17, 15) is 9.59 Å². The van der Waals surface area contributed by atoms with E-state index in [1.165, 1.54) is 24.8 Å². The van der Waals surface area contributed by atoms with Crippen LogP contribution >= 0.6 is 0 Å². The average molecular weight is 357 g/mol. The van der Waals surface area contributed by atoms with E-state index in [0.29, 0.717) is 18.6 Å². The molecule has 2 saturated carbocycles. The summed E-state index contributed by atoms with van der Waals surface area (Å²) >= 11 is 0. The zero-order chi connectivity index (χ0) is 18.4. The molecule has 0 saturated heterocycles. The lowest BCUT2D eigenvalue weighted by atomic mass is 9.78. The van der Waals surface area contributed by atoms with E-state index in [4.69, 9.17) is 4.74 Å². The summed E-state index contributed by atoms with van der Waals surface area (Å²) in [6.45, 7) is 2.32. The van der Waals surface area contributed by atoms with Crippen LogP contribution in [0.3, 0.4) is 0 Å². The first-order valence-corrected chi connectivity index (χ1v) is 10.2. The molecule has 1 aromatic rings. The highest BCUT2D eigenvalue weighted by Crippen LogP contribution is 2.36. The van der Waals surface area contributed by atoms with Crippen molar-refractivity contribution in [3.05, 3.63) is 35.4 Å². The first kappa shape index (κ1) is 18.9. The molecule has 1 aromatic carbocycles. The minimum absolute atomic E-state index is 0.0410. The summed E-state index contributed by atoms with van der Waals surface area (Å²) in [5.74, 6) is 0.554. The normalized spacial score (nSPS) is 24.0. The molecule has 0 atom stereocenters. The van der Waals surface area contributed by atoms with Crippen LogP contribution in [0.4, 0.5) is 0 Å². The van der Waals surface area contributed by atoms with Gasteiger partial charge in [0.2, 0.25) is 0 Å². The summed E-state index contributed by atoms with van der Waals surface area (Å²) in [7, 11) is 0. The van der Waals surface area contributed by atoms with Gasteiger partial charge in [0.25, 0.3) is 5.91 Å². The first-order chi connectivity index (χ1) is 12.7. The van der Waals surface area contributed by atoms with Gasteiger partial charge in [-0.3, -0.25) is 9.59 Å². The highest BCUT2D eigenvalue weighted by Gasteiger charge is 2.28. The van der Waals surface area contributed by atoms with E-state index in [2.05, 4.69) is 17.4 Å². The van der Waals surface area contributed by atoms with Gasteiger partial charge in [-0.25, -0.2) is 0 Å². The van der Waals surface area contributed by atoms with E-state index in [0.717, 1.165) is 44.1 Å². The van der Waals surface area contributed by atoms with E-state index in [1.807, 2.05) is 19.1 Å². The SMILES string of the molecule is CCOC(=O)C1CCC(c2ccc(C(=O)NC3CCCCC3)cc2)CC1. The number of carbonyl (C=O) groups is 2. The smallest absolute Gasteiger partial charge is 0.308 e. The van der Waals surface area contributed by atoms with E-state index in [1.54, 1.807) is 0 Å². The molecule has 1 amide bonds. The predicted octanol–water partition coefficient (Wildman–Crippen LogP) is 4.59. The van der Waals surface area contributed by atoms with Crippen LogP contribution in [0, 0.1) is 5.92 Å². The third-order valence-corrected chi connectivity index (χ3v) is 5.93. The van der Waals surface area contributed by atoms with Crippen molar-refractivity contribution in [2.24, 2.45) is 5.92 Å². The van der Waals surface area contributed by atoms with E-state index < -0.39 is 0 Å². The van der Waals surface area contributed by atoms with Crippen molar-refractivity contribution < 1.29 is 14.3 Å². The third kappa shape index (κ3) is 4.87. The number of hydrogen-bond acceptors (Lipinski definition) is 3. The maximum atomic E-state index is 12.4. The van der Waals surface area contributed by atoms with Gasteiger partial charge in [0.15, 0.2) is 0 Å². The molecule has 1 N–H and O–H groups in total. The summed E-state index contributed by atoms with van der Waals surface area (Å²) in [5, 5.41) is 3.17. The lowest BCUT2D eigenvalue weighted by Gasteiger charge is -2.27. The fourth-order valence-corrected chi connectivity index (χ4v) is 4.34. The van der Waals surface area contributed by atoms with Crippen LogP contribution in [0.5, 0.6) is 0 Å². The molecule has 0 unspecified atom stereocenters. The lowest BCUT2D eigenvalue weighted by Crippen LogP contribution is -2.36. The summed E-state index contributed by atoms with van der Waals surface area (Å²) in [6, 6.07) is 8.42. The van der Waals surface area contributed by atoms with Crippen LogP contribution in [-0.2, 0) is 9.53 Å². The molecule has 0 aliphatic heterocycles. The van der Waals surface area contributed by atoms with E-state index >= 15 is 0 Å². The van der Waals surface area contributed by atoms with Crippen LogP contribution in [-0.4, -0.2) is 24.5 Å². The molecule has 0 bridgehead atoms. The fraction of sp³-hybridized carbons (Fsp3) is 0.636. The van der Waals surface area contributed by atoms with E-state index in [-0.39, 0.29) is 17.8 Å². The van der Waals surface area contributed by atoms with Crippen LogP contribution in [0.1, 0.15) is 86.6 Å². The molecule has 3 rings (SSSR count). The molecule has 0 aromatic heterocycles. The maximum absolute atomic E-state index is 12.4. The molecule has 26 heavy (non-hydrogen) atoms. The molecule has 2 aliphatic rings. The Hall–Kier alpha value is -1.84. The molecule has 0 spiro atoms. The predicted molar refractivity (Wildman–Crippen MR) is 102 cm³/mol. The lowest BCUT2D eigenvalue weighted by molar-refractivity contribution is -0.149. The second-order valence-electron chi connectivity index (χ2n) is 7.73. The zero-order valence-electron chi connectivity index (χ0n) is 15.8. The number of hydrogen-bond donors (Lipinski definition) is 1. The summed E-state index contributed by atoms with van der Waals surface area (Å²) in [6.07, 6.45) is 9.76. The molecule has 4 nitrogen and oxygen atoms in total. The minimum Gasteiger partial charge on any atom is -0.466 e. The molecule has 2 aliphatic carbocycles. The van der Waals surface area contributed by atoms with Crippen molar-refractivity contribution in [3.63, 3.8) is 0 Å². The van der Waals surface area contributed by atoms with Crippen molar-refractivity contribution >= 4 is 11.9 Å². The van der Waals surface area contributed by atoms with Gasteiger partial charge in [-0.1, -0.05) is 31.4 Å². The monoisotopic (exact) mass is 357 g/mol. The molecule has 142 valence electrons. The van der Waals surface area contributed by atoms with Gasteiger partial charge in [0.05, 0.1) is 12.5 Å². The van der Waals surface area contributed by atoms with Gasteiger partial charge in [0, 0.05) is 11.6 Å². The van der Waals surface area contributed by atoms with Gasteiger partial charge in [-0.2, -0.15) is 0 Å². The Morgan fingerprint density at radius 2 is 1.62 bits per heavy atom. The molecular formula is C22H31NO3. The van der Waals surface area contributed by atoms with Crippen molar-refractivity contribution in [1.29, 1.82) is 0 Å². The molecular weight excluding hydrogens is 326 g/mol. The molecule has 0 heterocycles. The van der Waals surface area contributed by atoms with Crippen molar-refractivity contribution in [3.8, 4) is 0 Å². The Morgan fingerprint density at radius 3 is 2.23 bits per heavy atom. The Bertz CT molecular complexity index is 596. The highest BCUT2D eigenvalue weighted by atomic mass is 16.5. The van der Waals surface area contributed by atoms with Gasteiger partial charge in [-0.05, 0) is 69.1 Å². The van der Waals surface area contributed by atoms with Crippen LogP contribution in [0.2, 0.25) is 0 Å². The summed E-state index contributed by atoms with van der Waals surface area (Å²) < 4.78 is 5.14. The minimum atomic E-state index is -0.0410. The van der Waals surface area contributed by atoms with Gasteiger partial charge in [-0.15, -0.1) is 0 Å². The van der Waals surface area contributed by atoms with Crippen molar-refractivity contribution in [1.82, 2.24) is 5.32 Å². The van der Waals surface area contributed by atoms with Crippen LogP contribution in [0.15, 0.2) is 24.3 Å². The number of rotatable bonds is 5. The number of amides is 1. The fourth-order valence-electron chi connectivity index (χ4n) is 4.34. The summed E-state index contributed by atoms with van der Waals surface area (Å²) in [4.78, 5) is 24.3. The topological polar surface area (TPSA) is 55.4 Å². The molecule has 0 radical (unpaired) electrons. The Labute approximate surface area is 156 Å². The van der Waals surface area contributed by atoms with Crippen molar-refractivity contribution in [2.45, 2.75) is 76.7 Å². The molecule has 2 fully saturated rings. The Balaban J connectivity index is 1.51. The van der Waals surface area contributed by atoms with Gasteiger partial charge >= 0.3 is 5.97 Å². The standard InChI is InChI=1S/C22H31NO3/c1-2-26-22(25)19-14-10-17(11-15-19)16-8-12-18(13-9-16)21(24)23-20-6-4-3-5-7-20/h8-9,12-13,17,19-20H,2-7,10-11,14-15H2,1H3,(H,23,24). The van der Waals surface area contributed by atoms with Crippen LogP contribution in [0.25, 0.3) is 0 Å². The number of nitrogens with one attached hydrogen (secondary N) is 1. The molecule has 4 heteroatoms. The number of carbonyl (C=O) groups excluding carboxylic acids is 2. The quantitative estimate of drug-likeness (QED) is 0.785. The number of esters is 1. The average Bonchev–Trinajstić information content (AvgIpc) is 2.69. The zero-order valence-corrected chi connectivity index (χ0v) is 15.8. The first-order valence-electron chi connectivity index (χ1n) is 10.2. The van der Waals surface area contributed by atoms with Gasteiger partial charge < -0.3 is 10.1 Å². The van der Waals surface area contributed by atoms with Gasteiger partial charge in [0.1, 0.15) is 0 Å². The van der Waals surface area contributed by atoms with Crippen LogP contribution < -0.4 is 5.32 Å². The number of benzene rings is 1. The Morgan fingerprint density at radius 1 is 0.962 bits per heavy atom. The van der Waals surface area contributed by atoms with Crippen molar-refractivity contribution in [2.75, 3.05) is 6.61 Å². The Kier molecular flexibility index (Phi) is 6.70. The highest BCUT2D eigenvalue weighted by molar-refractivity contribution is 5.94. The largest absolute Gasteiger partial charge is 0.466 e. The number of ether oxygens (including phenoxy) is 1. The second kappa shape index (κ2) is 9.20. The maximum Gasteiger partial charge on any atom is 0.308 e.